The van der Waals surface area contributed by atoms with E-state index in [0.717, 1.165) is 38.2 Å². The molecule has 2 N–H and O–H groups in total. The Morgan fingerprint density at radius 2 is 1.93 bits per heavy atom. The molecule has 2 nitrogen and oxygen atoms in total. The number of nitrogen functional groups attached to an aromatic ring is 1. The molecule has 1 aromatic rings. The lowest BCUT2D eigenvalue weighted by Crippen LogP contribution is -1.95. The highest BCUT2D eigenvalue weighted by atomic mass is 16.5. The van der Waals surface area contributed by atoms with Crippen molar-refractivity contribution in [1.29, 1.82) is 0 Å². The molecule has 0 aliphatic carbocycles. The van der Waals surface area contributed by atoms with Crippen LogP contribution in [0.3, 0.4) is 0 Å². The molecule has 0 spiro atoms. The summed E-state index contributed by atoms with van der Waals surface area (Å²) in [4.78, 5) is 0. The van der Waals surface area contributed by atoms with Crippen LogP contribution in [-0.4, -0.2) is 13.2 Å². The van der Waals surface area contributed by atoms with E-state index in [1.54, 1.807) is 0 Å². The smallest absolute Gasteiger partial charge is 0.0503 e. The van der Waals surface area contributed by atoms with Crippen LogP contribution >= 0.6 is 0 Å². The molecule has 0 radical (unpaired) electrons. The van der Waals surface area contributed by atoms with E-state index >= 15 is 0 Å². The molecule has 15 heavy (non-hydrogen) atoms. The van der Waals surface area contributed by atoms with Gasteiger partial charge >= 0.3 is 0 Å². The predicted octanol–water partition coefficient (Wildman–Crippen LogP) is 2.55. The van der Waals surface area contributed by atoms with E-state index in [2.05, 4.69) is 18.2 Å². The molecule has 1 heterocycles. The minimum atomic E-state index is 0.830. The summed E-state index contributed by atoms with van der Waals surface area (Å²) in [5.41, 5.74) is 9.30. The molecule has 1 aromatic carbocycles. The lowest BCUT2D eigenvalue weighted by molar-refractivity contribution is 0.146. The number of benzene rings is 1. The van der Waals surface area contributed by atoms with E-state index in [9.17, 15) is 0 Å². The number of anilines is 1. The van der Waals surface area contributed by atoms with E-state index in [4.69, 9.17) is 10.5 Å². The zero-order chi connectivity index (χ0) is 10.5. The van der Waals surface area contributed by atoms with Gasteiger partial charge in [-0.05, 0) is 37.0 Å². The standard InChI is InChI=1S/C13H17NO/c14-13-5-3-12(4-6-13)10-11-2-1-8-15-9-7-11/h2-6H,1,7-10,14H2. The Morgan fingerprint density at radius 3 is 2.73 bits per heavy atom. The lowest BCUT2D eigenvalue weighted by atomic mass is 10.0. The molecule has 0 unspecified atom stereocenters. The fourth-order valence-electron chi connectivity index (χ4n) is 1.81. The first-order valence-corrected chi connectivity index (χ1v) is 5.44. The summed E-state index contributed by atoms with van der Waals surface area (Å²) in [5.74, 6) is 0. The monoisotopic (exact) mass is 203 g/mol. The van der Waals surface area contributed by atoms with Crippen LogP contribution in [0.2, 0.25) is 0 Å². The Bertz CT molecular complexity index is 340. The van der Waals surface area contributed by atoms with Crippen LogP contribution in [0.1, 0.15) is 18.4 Å². The molecule has 0 aromatic heterocycles. The Kier molecular flexibility index (Phi) is 3.41. The highest BCUT2D eigenvalue weighted by Crippen LogP contribution is 2.16. The molecule has 0 saturated carbocycles. The summed E-state index contributed by atoms with van der Waals surface area (Å²) in [7, 11) is 0. The minimum absolute atomic E-state index is 0.830. The van der Waals surface area contributed by atoms with Crippen molar-refractivity contribution in [3.8, 4) is 0 Å². The minimum Gasteiger partial charge on any atom is -0.399 e. The van der Waals surface area contributed by atoms with Gasteiger partial charge in [-0.1, -0.05) is 23.8 Å². The second-order valence-corrected chi connectivity index (χ2v) is 3.93. The molecular formula is C13H17NO. The van der Waals surface area contributed by atoms with E-state index in [1.165, 1.54) is 11.1 Å². The van der Waals surface area contributed by atoms with Gasteiger partial charge in [-0.3, -0.25) is 0 Å². The zero-order valence-corrected chi connectivity index (χ0v) is 8.91. The maximum atomic E-state index is 5.65. The largest absolute Gasteiger partial charge is 0.399 e. The summed E-state index contributed by atoms with van der Waals surface area (Å²) in [6.45, 7) is 1.73. The topological polar surface area (TPSA) is 35.2 Å². The van der Waals surface area contributed by atoms with E-state index in [1.807, 2.05) is 12.1 Å². The average Bonchev–Trinajstić information content (AvgIpc) is 2.50. The number of ether oxygens (including phenoxy) is 1. The maximum Gasteiger partial charge on any atom is 0.0503 e. The van der Waals surface area contributed by atoms with Gasteiger partial charge < -0.3 is 10.5 Å². The van der Waals surface area contributed by atoms with Gasteiger partial charge in [0.05, 0.1) is 13.2 Å². The Balaban J connectivity index is 2.01. The van der Waals surface area contributed by atoms with Crippen molar-refractivity contribution in [3.05, 3.63) is 41.5 Å². The molecule has 80 valence electrons. The Hall–Kier alpha value is -1.28. The van der Waals surface area contributed by atoms with E-state index in [-0.39, 0.29) is 0 Å². The van der Waals surface area contributed by atoms with Crippen LogP contribution in [0.5, 0.6) is 0 Å². The molecule has 0 fully saturated rings. The van der Waals surface area contributed by atoms with Crippen molar-refractivity contribution < 1.29 is 4.74 Å². The van der Waals surface area contributed by atoms with Crippen molar-refractivity contribution >= 4 is 5.69 Å². The summed E-state index contributed by atoms with van der Waals surface area (Å²) in [6, 6.07) is 8.12. The fraction of sp³-hybridized carbons (Fsp3) is 0.385. The van der Waals surface area contributed by atoms with E-state index < -0.39 is 0 Å². The molecule has 2 rings (SSSR count). The van der Waals surface area contributed by atoms with Crippen LogP contribution in [0.25, 0.3) is 0 Å². The molecule has 0 amide bonds. The van der Waals surface area contributed by atoms with Crippen LogP contribution in [0.4, 0.5) is 5.69 Å². The molecule has 1 aliphatic rings. The summed E-state index contributed by atoms with van der Waals surface area (Å²) < 4.78 is 5.41. The van der Waals surface area contributed by atoms with Crippen LogP contribution in [0, 0.1) is 0 Å². The van der Waals surface area contributed by atoms with Gasteiger partial charge in [0.2, 0.25) is 0 Å². The summed E-state index contributed by atoms with van der Waals surface area (Å²) >= 11 is 0. The van der Waals surface area contributed by atoms with Crippen molar-refractivity contribution in [2.75, 3.05) is 18.9 Å². The average molecular weight is 203 g/mol. The van der Waals surface area contributed by atoms with Crippen LogP contribution in [0.15, 0.2) is 35.9 Å². The summed E-state index contributed by atoms with van der Waals surface area (Å²) in [5, 5.41) is 0. The zero-order valence-electron chi connectivity index (χ0n) is 8.91. The van der Waals surface area contributed by atoms with Gasteiger partial charge in [-0.15, -0.1) is 0 Å². The first kappa shape index (κ1) is 10.2. The van der Waals surface area contributed by atoms with E-state index in [0.29, 0.717) is 0 Å². The van der Waals surface area contributed by atoms with Crippen LogP contribution in [-0.2, 0) is 11.2 Å². The summed E-state index contributed by atoms with van der Waals surface area (Å²) in [6.07, 6.45) is 5.45. The van der Waals surface area contributed by atoms with Gasteiger partial charge in [-0.2, -0.15) is 0 Å². The normalized spacial score (nSPS) is 16.9. The van der Waals surface area contributed by atoms with Crippen molar-refractivity contribution in [3.63, 3.8) is 0 Å². The third kappa shape index (κ3) is 3.10. The third-order valence-electron chi connectivity index (χ3n) is 2.67. The molecular weight excluding hydrogens is 186 g/mol. The second kappa shape index (κ2) is 4.99. The maximum absolute atomic E-state index is 5.65. The van der Waals surface area contributed by atoms with Crippen molar-refractivity contribution in [2.45, 2.75) is 19.3 Å². The van der Waals surface area contributed by atoms with Gasteiger partial charge in [0.15, 0.2) is 0 Å². The molecule has 0 bridgehead atoms. The number of hydrogen-bond acceptors (Lipinski definition) is 2. The number of hydrogen-bond donors (Lipinski definition) is 1. The molecule has 0 saturated heterocycles. The van der Waals surface area contributed by atoms with Crippen LogP contribution < -0.4 is 5.73 Å². The quantitative estimate of drug-likeness (QED) is 0.592. The predicted molar refractivity (Wildman–Crippen MR) is 62.7 cm³/mol. The Labute approximate surface area is 90.7 Å². The van der Waals surface area contributed by atoms with Gasteiger partial charge in [0.1, 0.15) is 0 Å². The molecule has 1 aliphatic heterocycles. The number of nitrogens with two attached hydrogens (primary N) is 1. The SMILES string of the molecule is Nc1ccc(CC2=CCCOCC2)cc1. The van der Waals surface area contributed by atoms with Gasteiger partial charge in [0.25, 0.3) is 0 Å². The highest BCUT2D eigenvalue weighted by molar-refractivity contribution is 5.40. The van der Waals surface area contributed by atoms with Gasteiger partial charge in [0, 0.05) is 5.69 Å². The van der Waals surface area contributed by atoms with Gasteiger partial charge in [-0.25, -0.2) is 0 Å². The fourth-order valence-corrected chi connectivity index (χ4v) is 1.81. The Morgan fingerprint density at radius 1 is 1.13 bits per heavy atom. The first-order valence-electron chi connectivity index (χ1n) is 5.44. The molecule has 0 atom stereocenters. The van der Waals surface area contributed by atoms with Crippen molar-refractivity contribution in [2.24, 2.45) is 0 Å². The highest BCUT2D eigenvalue weighted by Gasteiger charge is 2.03. The number of rotatable bonds is 2. The molecule has 2 heteroatoms. The van der Waals surface area contributed by atoms with Crippen molar-refractivity contribution in [1.82, 2.24) is 0 Å². The lowest BCUT2D eigenvalue weighted by Gasteiger charge is -2.05. The second-order valence-electron chi connectivity index (χ2n) is 3.93. The third-order valence-corrected chi connectivity index (χ3v) is 2.67. The first-order chi connectivity index (χ1) is 7.34.